The molecule has 1 aliphatic rings. The minimum absolute atomic E-state index is 0.0800. The lowest BCUT2D eigenvalue weighted by molar-refractivity contribution is -0.132. The smallest absolute Gasteiger partial charge is 0.407 e. The number of nitrogens with one attached hydrogen (secondary N) is 3. The Hall–Kier alpha value is -3.46. The maximum Gasteiger partial charge on any atom is 0.407 e. The van der Waals surface area contributed by atoms with Crippen molar-refractivity contribution in [3.63, 3.8) is 0 Å². The van der Waals surface area contributed by atoms with Gasteiger partial charge in [0.2, 0.25) is 5.91 Å². The number of amides is 3. The van der Waals surface area contributed by atoms with Gasteiger partial charge < -0.3 is 25.8 Å². The van der Waals surface area contributed by atoms with Crippen molar-refractivity contribution in [2.75, 3.05) is 6.61 Å². The van der Waals surface area contributed by atoms with Crippen LogP contribution in [0, 0.1) is 5.92 Å². The van der Waals surface area contributed by atoms with Crippen LogP contribution in [0.1, 0.15) is 44.4 Å². The lowest BCUT2D eigenvalue weighted by atomic mass is 9.98. The molecule has 0 bridgehead atoms. The van der Waals surface area contributed by atoms with Crippen LogP contribution in [0.15, 0.2) is 54.7 Å². The van der Waals surface area contributed by atoms with E-state index in [0.29, 0.717) is 12.8 Å². The summed E-state index contributed by atoms with van der Waals surface area (Å²) in [6.07, 6.45) is 2.38. The number of ether oxygens (including phenoxy) is 1. The van der Waals surface area contributed by atoms with E-state index in [1.807, 2.05) is 62.4 Å². The predicted octanol–water partition coefficient (Wildman–Crippen LogP) is 2.13. The molecule has 0 aliphatic heterocycles. The zero-order valence-electron chi connectivity index (χ0n) is 20.9. The Morgan fingerprint density at radius 2 is 1.75 bits per heavy atom. The zero-order valence-corrected chi connectivity index (χ0v) is 20.9. The van der Waals surface area contributed by atoms with Crippen molar-refractivity contribution < 1.29 is 24.2 Å². The largest absolute Gasteiger partial charge is 0.449 e. The predicted molar refractivity (Wildman–Crippen MR) is 135 cm³/mol. The molecule has 2 aromatic rings. The van der Waals surface area contributed by atoms with Crippen molar-refractivity contribution >= 4 is 17.9 Å². The molecular weight excluding hydrogens is 460 g/mol. The van der Waals surface area contributed by atoms with Gasteiger partial charge in [-0.25, -0.2) is 4.79 Å². The summed E-state index contributed by atoms with van der Waals surface area (Å²) < 4.78 is 5.26. The second kappa shape index (κ2) is 13.6. The highest BCUT2D eigenvalue weighted by Gasteiger charge is 2.34. The Bertz CT molecular complexity index is 982. The maximum absolute atomic E-state index is 13.2. The lowest BCUT2D eigenvalue weighted by Gasteiger charge is -2.27. The molecule has 0 radical (unpaired) electrons. The van der Waals surface area contributed by atoms with Crippen molar-refractivity contribution in [1.29, 1.82) is 0 Å². The van der Waals surface area contributed by atoms with Crippen LogP contribution in [0.4, 0.5) is 4.79 Å². The molecule has 1 aromatic carbocycles. The number of aliphatic hydroxyl groups excluding tert-OH is 1. The average Bonchev–Trinajstić information content (AvgIpc) is 3.67. The molecule has 1 unspecified atom stereocenters. The van der Waals surface area contributed by atoms with Gasteiger partial charge in [-0.2, -0.15) is 0 Å². The number of hydrogen-bond donors (Lipinski definition) is 4. The third-order valence-corrected chi connectivity index (χ3v) is 5.83. The molecule has 3 rings (SSSR count). The van der Waals surface area contributed by atoms with E-state index in [1.54, 1.807) is 6.20 Å². The first-order valence-electron chi connectivity index (χ1n) is 12.5. The fourth-order valence-electron chi connectivity index (χ4n) is 3.77. The van der Waals surface area contributed by atoms with Crippen molar-refractivity contribution in [1.82, 2.24) is 20.9 Å². The molecule has 0 saturated heterocycles. The Labute approximate surface area is 212 Å². The topological polar surface area (TPSA) is 130 Å². The van der Waals surface area contributed by atoms with Gasteiger partial charge in [-0.3, -0.25) is 14.6 Å². The zero-order chi connectivity index (χ0) is 25.9. The van der Waals surface area contributed by atoms with Gasteiger partial charge in [-0.05, 0) is 49.3 Å². The van der Waals surface area contributed by atoms with E-state index in [2.05, 4.69) is 20.9 Å². The summed E-state index contributed by atoms with van der Waals surface area (Å²) in [5, 5.41) is 19.0. The van der Waals surface area contributed by atoms with E-state index in [-0.39, 0.29) is 25.0 Å². The summed E-state index contributed by atoms with van der Waals surface area (Å²) in [5.41, 5.74) is 1.66. The minimum atomic E-state index is -1.43. The molecular formula is C27H36N4O5. The Balaban J connectivity index is 1.62. The Kier molecular flexibility index (Phi) is 10.2. The van der Waals surface area contributed by atoms with Gasteiger partial charge in [-0.1, -0.05) is 50.2 Å². The molecule has 1 fully saturated rings. The highest BCUT2D eigenvalue weighted by Crippen LogP contribution is 2.19. The quantitative estimate of drug-likeness (QED) is 0.336. The second-order valence-electron chi connectivity index (χ2n) is 9.57. The van der Waals surface area contributed by atoms with Gasteiger partial charge in [0.25, 0.3) is 5.91 Å². The van der Waals surface area contributed by atoms with Crippen LogP contribution >= 0.6 is 0 Å². The van der Waals surface area contributed by atoms with E-state index in [1.165, 1.54) is 0 Å². The maximum atomic E-state index is 13.2. The monoisotopic (exact) mass is 496 g/mol. The molecule has 36 heavy (non-hydrogen) atoms. The van der Waals surface area contributed by atoms with Gasteiger partial charge in [0.15, 0.2) is 6.10 Å². The van der Waals surface area contributed by atoms with E-state index in [4.69, 9.17) is 4.74 Å². The Morgan fingerprint density at radius 1 is 1.03 bits per heavy atom. The van der Waals surface area contributed by atoms with Gasteiger partial charge in [0.1, 0.15) is 6.04 Å². The number of aromatic nitrogens is 1. The number of alkyl carbamates (subject to hydrolysis) is 1. The number of pyridine rings is 1. The lowest BCUT2D eigenvalue weighted by Crippen LogP contribution is -2.56. The highest BCUT2D eigenvalue weighted by atomic mass is 16.5. The Morgan fingerprint density at radius 3 is 2.39 bits per heavy atom. The molecule has 9 nitrogen and oxygen atoms in total. The fourth-order valence-corrected chi connectivity index (χ4v) is 3.77. The van der Waals surface area contributed by atoms with Crippen LogP contribution in [-0.4, -0.2) is 58.8 Å². The van der Waals surface area contributed by atoms with E-state index in [0.717, 1.165) is 24.1 Å². The van der Waals surface area contributed by atoms with Crippen LogP contribution in [0.3, 0.4) is 0 Å². The number of nitrogens with zero attached hydrogens (tertiary/aromatic N) is 1. The van der Waals surface area contributed by atoms with Crippen LogP contribution < -0.4 is 16.0 Å². The third-order valence-electron chi connectivity index (χ3n) is 5.83. The summed E-state index contributed by atoms with van der Waals surface area (Å²) in [5.74, 6) is -0.893. The van der Waals surface area contributed by atoms with Crippen LogP contribution in [-0.2, 0) is 27.2 Å². The van der Waals surface area contributed by atoms with Gasteiger partial charge >= 0.3 is 6.09 Å². The second-order valence-corrected chi connectivity index (χ2v) is 9.57. The van der Waals surface area contributed by atoms with Gasteiger partial charge in [0.05, 0.1) is 12.6 Å². The molecule has 4 N–H and O–H groups in total. The number of benzene rings is 1. The fraction of sp³-hybridized carbons (Fsp3) is 0.481. The van der Waals surface area contributed by atoms with Gasteiger partial charge in [0, 0.05) is 24.4 Å². The normalized spacial score (nSPS) is 15.4. The third kappa shape index (κ3) is 9.30. The first-order chi connectivity index (χ1) is 17.3. The van der Waals surface area contributed by atoms with Crippen LogP contribution in [0.5, 0.6) is 0 Å². The first kappa shape index (κ1) is 27.1. The molecule has 0 spiro atoms. The minimum Gasteiger partial charge on any atom is -0.449 e. The van der Waals surface area contributed by atoms with Crippen LogP contribution in [0.2, 0.25) is 0 Å². The number of carbonyl (C=O) groups excluding carboxylic acids is 3. The van der Waals surface area contributed by atoms with E-state index >= 15 is 0 Å². The van der Waals surface area contributed by atoms with Crippen molar-refractivity contribution in [3.8, 4) is 0 Å². The standard InChI is InChI=1S/C27H36N4O5/c1-18(2)16-23(31-27(35)36-15-13-20-10-6-7-14-28-20)25(33)30-22(17-19-8-4-3-5-9-19)24(32)26(34)29-21-11-12-21/h3-10,14,18,21-24,32H,11-13,15-17H2,1-2H3,(H,29,34)(H,30,33)(H,31,35)/t22-,23-,24?/m0/s1. The van der Waals surface area contributed by atoms with Crippen LogP contribution in [0.25, 0.3) is 0 Å². The summed E-state index contributed by atoms with van der Waals surface area (Å²) in [6, 6.07) is 13.2. The molecule has 194 valence electrons. The highest BCUT2D eigenvalue weighted by molar-refractivity contribution is 5.87. The number of aliphatic hydroxyl groups is 1. The number of rotatable bonds is 13. The van der Waals surface area contributed by atoms with E-state index in [9.17, 15) is 19.5 Å². The summed E-state index contributed by atoms with van der Waals surface area (Å²) in [6.45, 7) is 4.00. The summed E-state index contributed by atoms with van der Waals surface area (Å²) in [7, 11) is 0. The summed E-state index contributed by atoms with van der Waals surface area (Å²) in [4.78, 5) is 42.4. The van der Waals surface area contributed by atoms with Crippen molar-refractivity contribution in [2.45, 2.75) is 70.2 Å². The average molecular weight is 497 g/mol. The van der Waals surface area contributed by atoms with Crippen molar-refractivity contribution in [2.24, 2.45) is 5.92 Å². The molecule has 3 amide bonds. The SMILES string of the molecule is CC(C)C[C@H](NC(=O)OCCc1ccccn1)C(=O)N[C@@H](Cc1ccccc1)C(O)C(=O)NC1CC1. The molecule has 1 saturated carbocycles. The van der Waals surface area contributed by atoms with Gasteiger partial charge in [-0.15, -0.1) is 0 Å². The molecule has 3 atom stereocenters. The number of carbonyl (C=O) groups is 3. The summed E-state index contributed by atoms with van der Waals surface area (Å²) >= 11 is 0. The van der Waals surface area contributed by atoms with E-state index < -0.39 is 36.1 Å². The first-order valence-corrected chi connectivity index (χ1v) is 12.5. The molecule has 1 aliphatic carbocycles. The van der Waals surface area contributed by atoms with Crippen molar-refractivity contribution in [3.05, 3.63) is 66.0 Å². The molecule has 9 heteroatoms. The molecule has 1 heterocycles. The number of hydrogen-bond acceptors (Lipinski definition) is 6. The molecule has 1 aromatic heterocycles.